The molecule has 0 saturated carbocycles. The lowest BCUT2D eigenvalue weighted by atomic mass is 9.96. The highest BCUT2D eigenvalue weighted by Gasteiger charge is 2.10. The molecule has 0 saturated heterocycles. The molecule has 4 heteroatoms. The Hall–Kier alpha value is -0.740. The van der Waals surface area contributed by atoms with E-state index >= 15 is 0 Å². The van der Waals surface area contributed by atoms with Gasteiger partial charge in [0.2, 0.25) is 0 Å². The molecule has 0 rings (SSSR count). The van der Waals surface area contributed by atoms with Crippen LogP contribution in [0.25, 0.3) is 0 Å². The molecule has 0 spiro atoms. The van der Waals surface area contributed by atoms with E-state index in [1.54, 1.807) is 27.9 Å². The van der Waals surface area contributed by atoms with Crippen molar-refractivity contribution in [3.8, 4) is 0 Å². The summed E-state index contributed by atoms with van der Waals surface area (Å²) in [5.74, 6) is 1.11. The normalized spacial score (nSPS) is 14.5. The van der Waals surface area contributed by atoms with E-state index in [1.165, 1.54) is 10.6 Å². The van der Waals surface area contributed by atoms with Crippen molar-refractivity contribution < 1.29 is 12.4 Å². The molecule has 0 aromatic heterocycles. The summed E-state index contributed by atoms with van der Waals surface area (Å²) in [6.45, 7) is 9.06. The zero-order chi connectivity index (χ0) is 20.5. The van der Waals surface area contributed by atoms with Crippen LogP contribution in [0.3, 0.4) is 0 Å². The van der Waals surface area contributed by atoms with E-state index in [0.29, 0.717) is 11.6 Å². The van der Waals surface area contributed by atoms with Gasteiger partial charge in [-0.15, -0.1) is 0 Å². The minimum Gasteiger partial charge on any atom is -0.320 e. The Balaban J connectivity index is 0. The lowest BCUT2D eigenvalue weighted by Crippen LogP contribution is -2.11. The van der Waals surface area contributed by atoms with E-state index in [-0.39, 0.29) is 11.8 Å². The smallest absolute Gasteiger partial charge is 0.132 e. The standard InChI is InChI=1S/2C10H21NO/c2*1-4-10(9(2)12)7-5-6-8-11-3/h2*10-11H,4-8H2,1-3H3/i/hD2. The fourth-order valence-corrected chi connectivity index (χ4v) is 2.71. The Morgan fingerprint density at radius 3 is 1.33 bits per heavy atom. The van der Waals surface area contributed by atoms with Gasteiger partial charge in [0.05, 0.1) is 0 Å². The average molecular weight is 345 g/mol. The van der Waals surface area contributed by atoms with Gasteiger partial charge < -0.3 is 10.6 Å². The van der Waals surface area contributed by atoms with Crippen molar-refractivity contribution in [2.24, 2.45) is 11.8 Å². The Kier molecular flexibility index (Phi) is 16.5. The van der Waals surface area contributed by atoms with Crippen LogP contribution in [0.4, 0.5) is 0 Å². The number of hydrogen-bond acceptors (Lipinski definition) is 4. The summed E-state index contributed by atoms with van der Waals surface area (Å²) < 4.78 is 14.3. The molecule has 0 aliphatic carbocycles. The predicted molar refractivity (Wildman–Crippen MR) is 104 cm³/mol. The van der Waals surface area contributed by atoms with Crippen LogP contribution in [-0.4, -0.2) is 38.8 Å². The van der Waals surface area contributed by atoms with Gasteiger partial charge >= 0.3 is 0 Å². The third-order valence-electron chi connectivity index (χ3n) is 4.50. The van der Waals surface area contributed by atoms with Crippen molar-refractivity contribution >= 4 is 11.6 Å². The van der Waals surface area contributed by atoms with E-state index in [2.05, 4.69) is 13.8 Å². The van der Waals surface area contributed by atoms with E-state index < -0.39 is 0 Å². The molecule has 2 unspecified atom stereocenters. The lowest BCUT2D eigenvalue weighted by Gasteiger charge is -2.09. The maximum Gasteiger partial charge on any atom is 0.132 e. The van der Waals surface area contributed by atoms with E-state index in [9.17, 15) is 9.59 Å². The third kappa shape index (κ3) is 16.1. The van der Waals surface area contributed by atoms with Crippen molar-refractivity contribution in [3.05, 3.63) is 0 Å². The van der Waals surface area contributed by atoms with Crippen LogP contribution in [0.2, 0.25) is 2.82 Å². The summed E-state index contributed by atoms with van der Waals surface area (Å²) in [7, 11) is 3.50. The highest BCUT2D eigenvalue weighted by Crippen LogP contribution is 2.13. The molecule has 0 amide bonds. The Bertz CT molecular complexity index is 330. The molecule has 0 fully saturated rings. The summed E-state index contributed by atoms with van der Waals surface area (Å²) in [6.07, 6.45) is 8.02. The first-order valence-corrected chi connectivity index (χ1v) is 9.56. The number of nitrogens with one attached hydrogen (secondary N) is 2. The molecule has 0 aliphatic rings. The number of ketones is 2. The minimum absolute atomic E-state index is 0.246. The minimum atomic E-state index is 0.246. The van der Waals surface area contributed by atoms with Gasteiger partial charge in [-0.05, 0) is 79.6 Å². The number of carbonyl (C=O) groups is 2. The molecule has 2 atom stereocenters. The van der Waals surface area contributed by atoms with E-state index in [0.717, 1.165) is 64.5 Å². The van der Waals surface area contributed by atoms with Gasteiger partial charge in [-0.25, -0.2) is 0 Å². The predicted octanol–water partition coefficient (Wildman–Crippen LogP) is 3.98. The molecule has 0 aromatic carbocycles. The zero-order valence-electron chi connectivity index (χ0n) is 18.9. The molecule has 2 N–H and O–H groups in total. The van der Waals surface area contributed by atoms with Crippen molar-refractivity contribution in [1.82, 2.24) is 10.6 Å². The van der Waals surface area contributed by atoms with Gasteiger partial charge in [-0.1, -0.05) is 26.7 Å². The quantitative estimate of drug-likeness (QED) is 0.468. The number of Topliss-reactive ketones (excluding diaryl/α,β-unsaturated/α-hetero) is 2. The van der Waals surface area contributed by atoms with Gasteiger partial charge in [0.15, 0.2) is 0 Å². The summed E-state index contributed by atoms with van der Waals surface area (Å²) in [5, 5.41) is 2.88. The van der Waals surface area contributed by atoms with E-state index in [4.69, 9.17) is 2.82 Å². The van der Waals surface area contributed by atoms with Crippen LogP contribution in [0.15, 0.2) is 0 Å². The Morgan fingerprint density at radius 2 is 1.12 bits per heavy atom. The molecular weight excluding hydrogens is 300 g/mol. The first-order chi connectivity index (χ1) is 12.1. The number of rotatable bonds is 14. The summed E-state index contributed by atoms with van der Waals surface area (Å²) in [6, 6.07) is 0. The van der Waals surface area contributed by atoms with Gasteiger partial charge in [0.25, 0.3) is 0 Å². The first kappa shape index (κ1) is 21.3. The highest BCUT2D eigenvalue weighted by molar-refractivity contribution is 5.78. The molecule has 24 heavy (non-hydrogen) atoms. The number of unbranched alkanes of at least 4 members (excludes halogenated alkanes) is 2. The van der Waals surface area contributed by atoms with Gasteiger partial charge in [0, 0.05) is 11.8 Å². The van der Waals surface area contributed by atoms with Crippen LogP contribution in [-0.2, 0) is 9.59 Å². The highest BCUT2D eigenvalue weighted by atomic mass is 16.1. The van der Waals surface area contributed by atoms with Crippen molar-refractivity contribution in [1.29, 1.82) is 0 Å². The van der Waals surface area contributed by atoms with Crippen molar-refractivity contribution in [3.63, 3.8) is 0 Å². The van der Waals surface area contributed by atoms with Crippen LogP contribution in [0.1, 0.15) is 79.1 Å². The summed E-state index contributed by atoms with van der Waals surface area (Å²) in [4.78, 5) is 22.1. The van der Waals surface area contributed by atoms with Crippen LogP contribution < -0.4 is 10.6 Å². The number of hydrogen-bond donors (Lipinski definition) is 2. The monoisotopic (exact) mass is 344 g/mol. The van der Waals surface area contributed by atoms with Crippen molar-refractivity contribution in [2.45, 2.75) is 79.1 Å². The topological polar surface area (TPSA) is 58.2 Å². The summed E-state index contributed by atoms with van der Waals surface area (Å²) in [5.41, 5.74) is 0. The molecular formula is C20H42N2O2. The number of carbonyl (C=O) groups excluding carboxylic acids is 2. The molecule has 0 heterocycles. The lowest BCUT2D eigenvalue weighted by molar-refractivity contribution is -0.121. The molecule has 0 bridgehead atoms. The van der Waals surface area contributed by atoms with Crippen LogP contribution in [0.5, 0.6) is 0 Å². The molecule has 0 aromatic rings. The summed E-state index contributed by atoms with van der Waals surface area (Å²) >= 11 is 0. The van der Waals surface area contributed by atoms with Gasteiger partial charge in [-0.3, -0.25) is 9.59 Å². The second kappa shape index (κ2) is 18.6. The fourth-order valence-electron chi connectivity index (χ4n) is 2.71. The van der Waals surface area contributed by atoms with Crippen LogP contribution >= 0.6 is 0 Å². The van der Waals surface area contributed by atoms with Crippen molar-refractivity contribution in [2.75, 3.05) is 27.2 Å². The van der Waals surface area contributed by atoms with Crippen LogP contribution in [0, 0.1) is 11.8 Å². The SMILES string of the molecule is [2H]N(C)CCCCC(CC)C(C)=O.[2H]N(C)CCCCC(CC)C(C)=O. The Morgan fingerprint density at radius 1 is 0.792 bits per heavy atom. The molecule has 0 radical (unpaired) electrons. The second-order valence-corrected chi connectivity index (χ2v) is 6.50. The maximum atomic E-state index is 11.1. The zero-order valence-corrected chi connectivity index (χ0v) is 16.9. The molecule has 0 aliphatic heterocycles. The van der Waals surface area contributed by atoms with E-state index in [1.807, 2.05) is 0 Å². The second-order valence-electron chi connectivity index (χ2n) is 6.50. The first-order valence-electron chi connectivity index (χ1n) is 10.5. The molecule has 144 valence electrons. The van der Waals surface area contributed by atoms with Gasteiger partial charge in [0.1, 0.15) is 14.4 Å². The average Bonchev–Trinajstić information content (AvgIpc) is 2.54. The maximum absolute atomic E-state index is 11.1. The largest absolute Gasteiger partial charge is 0.320 e. The molecule has 4 nitrogen and oxygen atoms in total. The fraction of sp³-hybridized carbons (Fsp3) is 0.900. The van der Waals surface area contributed by atoms with Gasteiger partial charge in [-0.2, -0.15) is 0 Å². The third-order valence-corrected chi connectivity index (χ3v) is 4.50. The Labute approximate surface area is 153 Å².